The van der Waals surface area contributed by atoms with E-state index in [0.29, 0.717) is 17.4 Å². The van der Waals surface area contributed by atoms with Crippen molar-refractivity contribution < 1.29 is 19.4 Å². The van der Waals surface area contributed by atoms with Crippen molar-refractivity contribution in [2.75, 3.05) is 7.11 Å². The lowest BCUT2D eigenvalue weighted by Crippen LogP contribution is -2.16. The molecule has 0 amide bonds. The van der Waals surface area contributed by atoms with Gasteiger partial charge in [0.1, 0.15) is 5.75 Å². The molecule has 0 unspecified atom stereocenters. The molecular weight excluding hydrogens is 382 g/mol. The van der Waals surface area contributed by atoms with Crippen LogP contribution in [-0.4, -0.2) is 22.9 Å². The number of ether oxygens (including phenoxy) is 2. The molecule has 0 spiro atoms. The van der Waals surface area contributed by atoms with Gasteiger partial charge in [-0.25, -0.2) is 4.79 Å². The number of fused-ring (bicyclic) bond motifs is 1. The van der Waals surface area contributed by atoms with Crippen molar-refractivity contribution in [1.29, 1.82) is 0 Å². The van der Waals surface area contributed by atoms with Crippen LogP contribution in [0.3, 0.4) is 0 Å². The zero-order valence-corrected chi connectivity index (χ0v) is 16.2. The molecule has 0 saturated carbocycles. The lowest BCUT2D eigenvalue weighted by Gasteiger charge is -2.13. The predicted octanol–water partition coefficient (Wildman–Crippen LogP) is 4.78. The third-order valence-electron chi connectivity index (χ3n) is 4.88. The van der Waals surface area contributed by atoms with Gasteiger partial charge in [-0.3, -0.25) is 4.79 Å². The van der Waals surface area contributed by atoms with Crippen LogP contribution >= 0.6 is 0 Å². The van der Waals surface area contributed by atoms with E-state index in [4.69, 9.17) is 14.6 Å². The summed E-state index contributed by atoms with van der Waals surface area (Å²) in [6, 6.07) is 23.0. The van der Waals surface area contributed by atoms with E-state index in [1.54, 1.807) is 19.2 Å². The van der Waals surface area contributed by atoms with E-state index in [9.17, 15) is 9.59 Å². The van der Waals surface area contributed by atoms with Crippen LogP contribution in [0.1, 0.15) is 5.56 Å². The van der Waals surface area contributed by atoms with Crippen molar-refractivity contribution in [3.05, 3.63) is 94.8 Å². The predicted molar refractivity (Wildman–Crippen MR) is 114 cm³/mol. The Morgan fingerprint density at radius 2 is 1.57 bits per heavy atom. The molecule has 3 aromatic carbocycles. The zero-order valence-electron chi connectivity index (χ0n) is 16.2. The topological polar surface area (TPSA) is 77.8 Å². The maximum absolute atomic E-state index is 12.5. The summed E-state index contributed by atoms with van der Waals surface area (Å²) >= 11 is 0. The highest BCUT2D eigenvalue weighted by Crippen LogP contribution is 2.24. The summed E-state index contributed by atoms with van der Waals surface area (Å²) < 4.78 is 11.7. The molecule has 0 aliphatic carbocycles. The number of methoxy groups -OCH3 is 1. The number of hydrogen-bond acceptors (Lipinski definition) is 4. The third-order valence-corrected chi connectivity index (χ3v) is 4.88. The van der Waals surface area contributed by atoms with E-state index >= 15 is 0 Å². The quantitative estimate of drug-likeness (QED) is 0.487. The molecule has 0 radical (unpaired) electrons. The van der Waals surface area contributed by atoms with Crippen LogP contribution in [0.4, 0.5) is 4.79 Å². The first-order valence-corrected chi connectivity index (χ1v) is 9.31. The number of carboxylic acid groups (broad SMARTS) is 1. The molecular formula is C24H19NO5. The molecule has 0 bridgehead atoms. The summed E-state index contributed by atoms with van der Waals surface area (Å²) in [5.74, 6) is 0.593. The smallest absolute Gasteiger partial charge is 0.497 e. The summed E-state index contributed by atoms with van der Waals surface area (Å²) in [7, 11) is 1.64. The van der Waals surface area contributed by atoms with Gasteiger partial charge >= 0.3 is 6.16 Å². The Morgan fingerprint density at radius 1 is 0.933 bits per heavy atom. The largest absolute Gasteiger partial charge is 0.511 e. The van der Waals surface area contributed by atoms with Crippen molar-refractivity contribution in [2.24, 2.45) is 0 Å². The molecule has 0 atom stereocenters. The fraction of sp³-hybridized carbons (Fsp3) is 0.0833. The highest BCUT2D eigenvalue weighted by Gasteiger charge is 2.13. The molecule has 1 heterocycles. The monoisotopic (exact) mass is 401 g/mol. The molecule has 4 rings (SSSR count). The van der Waals surface area contributed by atoms with Gasteiger partial charge in [0, 0.05) is 11.9 Å². The number of pyridine rings is 1. The second-order valence-corrected chi connectivity index (χ2v) is 6.76. The maximum Gasteiger partial charge on any atom is 0.511 e. The van der Waals surface area contributed by atoms with E-state index in [-0.39, 0.29) is 5.75 Å². The fourth-order valence-electron chi connectivity index (χ4n) is 3.40. The Hall–Kier alpha value is -4.06. The number of hydrogen-bond donors (Lipinski definition) is 1. The molecule has 4 aromatic rings. The molecule has 1 aromatic heterocycles. The van der Waals surface area contributed by atoms with Crippen LogP contribution < -0.4 is 14.9 Å². The van der Waals surface area contributed by atoms with Crippen molar-refractivity contribution in [3.63, 3.8) is 0 Å². The van der Waals surface area contributed by atoms with Crippen molar-refractivity contribution in [1.82, 2.24) is 4.57 Å². The van der Waals surface area contributed by atoms with E-state index in [1.165, 1.54) is 6.20 Å². The van der Waals surface area contributed by atoms with Crippen LogP contribution in [0.15, 0.2) is 83.8 Å². The minimum absolute atomic E-state index is 0.212. The number of rotatable bonds is 5. The van der Waals surface area contributed by atoms with Gasteiger partial charge in [0.2, 0.25) is 5.43 Å². The van der Waals surface area contributed by atoms with E-state index in [0.717, 1.165) is 22.4 Å². The number of aromatic nitrogens is 1. The van der Waals surface area contributed by atoms with E-state index < -0.39 is 11.6 Å². The Morgan fingerprint density at radius 3 is 2.20 bits per heavy atom. The number of carbonyl (C=O) groups is 1. The third kappa shape index (κ3) is 3.89. The zero-order chi connectivity index (χ0) is 21.1. The summed E-state index contributed by atoms with van der Waals surface area (Å²) in [5, 5.41) is 9.35. The second kappa shape index (κ2) is 8.13. The Labute approximate surface area is 172 Å². The number of para-hydroxylation sites is 1. The SMILES string of the molecule is COc1ccc(-c2ccc(Cn3cc(OC(=O)O)c(=O)c4ccccc43)cc2)cc1. The van der Waals surface area contributed by atoms with E-state index in [2.05, 4.69) is 0 Å². The second-order valence-electron chi connectivity index (χ2n) is 6.76. The summed E-state index contributed by atoms with van der Waals surface area (Å²) in [4.78, 5) is 23.5. The van der Waals surface area contributed by atoms with E-state index in [1.807, 2.05) is 65.2 Å². The Kier molecular flexibility index (Phi) is 5.22. The molecule has 6 nitrogen and oxygen atoms in total. The van der Waals surface area contributed by atoms with Gasteiger partial charge in [-0.2, -0.15) is 0 Å². The van der Waals surface area contributed by atoms with Crippen molar-refractivity contribution in [3.8, 4) is 22.6 Å². The highest BCUT2D eigenvalue weighted by atomic mass is 16.7. The van der Waals surface area contributed by atoms with Gasteiger partial charge in [-0.05, 0) is 41.0 Å². The van der Waals surface area contributed by atoms with Crippen LogP contribution in [0.5, 0.6) is 11.5 Å². The molecule has 1 N–H and O–H groups in total. The van der Waals surface area contributed by atoms with Crippen LogP contribution in [0.2, 0.25) is 0 Å². The molecule has 150 valence electrons. The molecule has 0 aliphatic heterocycles. The fourth-order valence-corrected chi connectivity index (χ4v) is 3.40. The first-order chi connectivity index (χ1) is 14.5. The first-order valence-electron chi connectivity index (χ1n) is 9.31. The van der Waals surface area contributed by atoms with Gasteiger partial charge in [-0.15, -0.1) is 0 Å². The molecule has 0 fully saturated rings. The molecule has 0 saturated heterocycles. The van der Waals surface area contributed by atoms with Crippen LogP contribution in [-0.2, 0) is 6.54 Å². The van der Waals surface area contributed by atoms with Crippen LogP contribution in [0, 0.1) is 0 Å². The minimum Gasteiger partial charge on any atom is -0.497 e. The number of nitrogens with zero attached hydrogens (tertiary/aromatic N) is 1. The van der Waals surface area contributed by atoms with Gasteiger partial charge in [0.25, 0.3) is 0 Å². The summed E-state index contributed by atoms with van der Waals surface area (Å²) in [6.45, 7) is 0.458. The van der Waals surface area contributed by atoms with Crippen molar-refractivity contribution >= 4 is 17.1 Å². The molecule has 0 aliphatic rings. The lowest BCUT2D eigenvalue weighted by atomic mass is 10.0. The average Bonchev–Trinajstić information content (AvgIpc) is 2.77. The average molecular weight is 401 g/mol. The Bertz CT molecular complexity index is 1260. The van der Waals surface area contributed by atoms with Gasteiger partial charge in [0.15, 0.2) is 5.75 Å². The van der Waals surface area contributed by atoms with Gasteiger partial charge in [-0.1, -0.05) is 48.5 Å². The summed E-state index contributed by atoms with van der Waals surface area (Å²) in [6.07, 6.45) is -0.0753. The maximum atomic E-state index is 12.5. The lowest BCUT2D eigenvalue weighted by molar-refractivity contribution is 0.144. The standard InChI is InChI=1S/C24H19NO5/c1-29-19-12-10-18(11-13-19)17-8-6-16(7-9-17)14-25-15-22(30-24(27)28)23(26)20-4-2-3-5-21(20)25/h2-13,15H,14H2,1H3,(H,27,28). The number of benzene rings is 3. The first kappa shape index (κ1) is 19.3. The summed E-state index contributed by atoms with van der Waals surface area (Å²) in [5.41, 5.74) is 3.41. The molecule has 30 heavy (non-hydrogen) atoms. The van der Waals surface area contributed by atoms with Gasteiger partial charge < -0.3 is 19.1 Å². The molecule has 6 heteroatoms. The Balaban J connectivity index is 1.67. The van der Waals surface area contributed by atoms with Gasteiger partial charge in [0.05, 0.1) is 18.8 Å². The minimum atomic E-state index is -1.52. The normalized spacial score (nSPS) is 10.7. The highest BCUT2D eigenvalue weighted by molar-refractivity contribution is 5.81. The van der Waals surface area contributed by atoms with Crippen LogP contribution in [0.25, 0.3) is 22.0 Å². The van der Waals surface area contributed by atoms with Crippen molar-refractivity contribution in [2.45, 2.75) is 6.54 Å².